The summed E-state index contributed by atoms with van der Waals surface area (Å²) in [6.07, 6.45) is 1.83. The average molecular weight is 160 g/mol. The van der Waals surface area contributed by atoms with Crippen LogP contribution in [0.1, 0.15) is 11.1 Å². The minimum atomic E-state index is 0.655. The molecule has 1 aromatic carbocycles. The van der Waals surface area contributed by atoms with Gasteiger partial charge in [-0.3, -0.25) is 9.98 Å². The summed E-state index contributed by atoms with van der Waals surface area (Å²) in [6, 6.07) is 8.04. The average Bonchev–Trinajstić information content (AvgIpc) is 2.09. The monoisotopic (exact) mass is 160 g/mol. The van der Waals surface area contributed by atoms with E-state index in [0.29, 0.717) is 6.54 Å². The van der Waals surface area contributed by atoms with Crippen LogP contribution in [-0.2, 0) is 6.54 Å². The lowest BCUT2D eigenvalue weighted by Crippen LogP contribution is -1.90. The quantitative estimate of drug-likeness (QED) is 0.604. The van der Waals surface area contributed by atoms with E-state index in [-0.39, 0.29) is 0 Å². The number of hydrogen-bond donors (Lipinski definition) is 0. The standard InChI is InChI=1S/C10H12N2/c1-11-7-9-5-3-4-6-10(9)8-12-2/h3-6,8H,1,7H2,2H3. The van der Waals surface area contributed by atoms with Gasteiger partial charge in [-0.2, -0.15) is 0 Å². The van der Waals surface area contributed by atoms with Gasteiger partial charge in [-0.05, 0) is 17.8 Å². The molecule has 0 radical (unpaired) electrons. The minimum Gasteiger partial charge on any atom is -0.296 e. The molecule has 0 spiro atoms. The van der Waals surface area contributed by atoms with Crippen LogP contribution in [0.5, 0.6) is 0 Å². The molecule has 2 heteroatoms. The predicted molar refractivity (Wildman–Crippen MR) is 53.2 cm³/mol. The van der Waals surface area contributed by atoms with E-state index in [1.807, 2.05) is 30.5 Å². The van der Waals surface area contributed by atoms with Crippen molar-refractivity contribution in [3.8, 4) is 0 Å². The highest BCUT2D eigenvalue weighted by molar-refractivity contribution is 5.81. The second-order valence-electron chi connectivity index (χ2n) is 2.47. The van der Waals surface area contributed by atoms with Crippen LogP contribution in [0.2, 0.25) is 0 Å². The van der Waals surface area contributed by atoms with Gasteiger partial charge in [0.2, 0.25) is 0 Å². The lowest BCUT2D eigenvalue weighted by molar-refractivity contribution is 1.08. The molecule has 0 N–H and O–H groups in total. The molecule has 0 saturated heterocycles. The first kappa shape index (κ1) is 8.65. The Hall–Kier alpha value is -1.44. The fourth-order valence-electron chi connectivity index (χ4n) is 1.06. The van der Waals surface area contributed by atoms with Gasteiger partial charge in [0.1, 0.15) is 0 Å². The summed E-state index contributed by atoms with van der Waals surface area (Å²) >= 11 is 0. The van der Waals surface area contributed by atoms with Crippen molar-refractivity contribution in [2.75, 3.05) is 7.05 Å². The van der Waals surface area contributed by atoms with E-state index in [2.05, 4.69) is 16.7 Å². The van der Waals surface area contributed by atoms with E-state index < -0.39 is 0 Å². The Balaban J connectivity index is 2.99. The lowest BCUT2D eigenvalue weighted by atomic mass is 10.1. The van der Waals surface area contributed by atoms with Gasteiger partial charge < -0.3 is 0 Å². The van der Waals surface area contributed by atoms with Crippen LogP contribution in [0.15, 0.2) is 34.3 Å². The highest BCUT2D eigenvalue weighted by Gasteiger charge is 1.95. The van der Waals surface area contributed by atoms with Crippen molar-refractivity contribution in [2.24, 2.45) is 9.98 Å². The third-order valence-electron chi connectivity index (χ3n) is 1.61. The third-order valence-corrected chi connectivity index (χ3v) is 1.61. The topological polar surface area (TPSA) is 24.7 Å². The SMILES string of the molecule is C=NCc1ccccc1C=NC. The Kier molecular flexibility index (Phi) is 3.20. The lowest BCUT2D eigenvalue weighted by Gasteiger charge is -2.00. The summed E-state index contributed by atoms with van der Waals surface area (Å²) < 4.78 is 0. The van der Waals surface area contributed by atoms with E-state index in [1.54, 1.807) is 7.05 Å². The molecule has 1 rings (SSSR count). The van der Waals surface area contributed by atoms with Crippen molar-refractivity contribution >= 4 is 12.9 Å². The Labute approximate surface area is 72.7 Å². The molecule has 0 fully saturated rings. The summed E-state index contributed by atoms with van der Waals surface area (Å²) in [7, 11) is 1.76. The molecule has 0 atom stereocenters. The highest BCUT2D eigenvalue weighted by Crippen LogP contribution is 2.06. The van der Waals surface area contributed by atoms with Crippen molar-refractivity contribution in [2.45, 2.75) is 6.54 Å². The van der Waals surface area contributed by atoms with Gasteiger partial charge in [0.25, 0.3) is 0 Å². The normalized spacial score (nSPS) is 10.4. The zero-order chi connectivity index (χ0) is 8.81. The summed E-state index contributed by atoms with van der Waals surface area (Å²) in [6.45, 7) is 4.12. The van der Waals surface area contributed by atoms with E-state index >= 15 is 0 Å². The first-order valence-corrected chi connectivity index (χ1v) is 3.81. The molecule has 0 unspecified atom stereocenters. The molecule has 0 aliphatic heterocycles. The van der Waals surface area contributed by atoms with Gasteiger partial charge in [-0.15, -0.1) is 0 Å². The molecule has 0 bridgehead atoms. The molecule has 0 heterocycles. The molecule has 0 aliphatic carbocycles. The van der Waals surface area contributed by atoms with Crippen LogP contribution in [0.25, 0.3) is 0 Å². The molecule has 0 amide bonds. The van der Waals surface area contributed by atoms with Crippen LogP contribution >= 0.6 is 0 Å². The predicted octanol–water partition coefficient (Wildman–Crippen LogP) is 1.94. The van der Waals surface area contributed by atoms with Gasteiger partial charge in [-0.1, -0.05) is 24.3 Å². The third kappa shape index (κ3) is 2.02. The van der Waals surface area contributed by atoms with Gasteiger partial charge in [0.05, 0.1) is 6.54 Å². The summed E-state index contributed by atoms with van der Waals surface area (Å²) in [5.74, 6) is 0. The van der Waals surface area contributed by atoms with Crippen molar-refractivity contribution in [1.29, 1.82) is 0 Å². The Morgan fingerprint density at radius 2 is 2.17 bits per heavy atom. The van der Waals surface area contributed by atoms with Crippen molar-refractivity contribution < 1.29 is 0 Å². The zero-order valence-electron chi connectivity index (χ0n) is 7.20. The van der Waals surface area contributed by atoms with E-state index in [1.165, 1.54) is 0 Å². The van der Waals surface area contributed by atoms with Gasteiger partial charge in [0, 0.05) is 13.3 Å². The number of benzene rings is 1. The first-order chi connectivity index (χ1) is 5.88. The van der Waals surface area contributed by atoms with Gasteiger partial charge >= 0.3 is 0 Å². The van der Waals surface area contributed by atoms with Crippen LogP contribution in [0, 0.1) is 0 Å². The fourth-order valence-corrected chi connectivity index (χ4v) is 1.06. The second kappa shape index (κ2) is 4.44. The van der Waals surface area contributed by atoms with Gasteiger partial charge in [0.15, 0.2) is 0 Å². The second-order valence-corrected chi connectivity index (χ2v) is 2.47. The maximum absolute atomic E-state index is 3.96. The van der Waals surface area contributed by atoms with Crippen LogP contribution in [-0.4, -0.2) is 20.0 Å². The van der Waals surface area contributed by atoms with E-state index in [9.17, 15) is 0 Å². The first-order valence-electron chi connectivity index (χ1n) is 3.81. The largest absolute Gasteiger partial charge is 0.296 e. The van der Waals surface area contributed by atoms with Crippen molar-refractivity contribution in [3.63, 3.8) is 0 Å². The van der Waals surface area contributed by atoms with Crippen LogP contribution < -0.4 is 0 Å². The molecule has 0 aromatic heterocycles. The summed E-state index contributed by atoms with van der Waals surface area (Å²) in [5.41, 5.74) is 2.28. The van der Waals surface area contributed by atoms with E-state index in [0.717, 1.165) is 11.1 Å². The molecule has 2 nitrogen and oxygen atoms in total. The number of rotatable bonds is 3. The van der Waals surface area contributed by atoms with Crippen molar-refractivity contribution in [3.05, 3.63) is 35.4 Å². The highest BCUT2D eigenvalue weighted by atomic mass is 14.7. The maximum atomic E-state index is 3.96. The van der Waals surface area contributed by atoms with E-state index in [4.69, 9.17) is 0 Å². The Bertz CT molecular complexity index is 290. The fraction of sp³-hybridized carbons (Fsp3) is 0.200. The number of hydrogen-bond acceptors (Lipinski definition) is 2. The Morgan fingerprint density at radius 1 is 1.42 bits per heavy atom. The summed E-state index contributed by atoms with van der Waals surface area (Å²) in [4.78, 5) is 7.80. The molecule has 1 aromatic rings. The number of aliphatic imine (C=N–C) groups is 2. The number of nitrogens with zero attached hydrogens (tertiary/aromatic N) is 2. The van der Waals surface area contributed by atoms with Gasteiger partial charge in [-0.25, -0.2) is 0 Å². The van der Waals surface area contributed by atoms with Crippen molar-refractivity contribution in [1.82, 2.24) is 0 Å². The zero-order valence-corrected chi connectivity index (χ0v) is 7.20. The molecule has 0 aliphatic rings. The maximum Gasteiger partial charge on any atom is 0.0638 e. The molecule has 62 valence electrons. The molecule has 12 heavy (non-hydrogen) atoms. The molecular weight excluding hydrogens is 148 g/mol. The smallest absolute Gasteiger partial charge is 0.0638 e. The summed E-state index contributed by atoms with van der Waals surface area (Å²) in [5, 5.41) is 0. The van der Waals surface area contributed by atoms with Crippen LogP contribution in [0.3, 0.4) is 0 Å². The Morgan fingerprint density at radius 3 is 2.83 bits per heavy atom. The van der Waals surface area contributed by atoms with Crippen LogP contribution in [0.4, 0.5) is 0 Å². The minimum absolute atomic E-state index is 0.655. The molecule has 0 saturated carbocycles. The molecular formula is C10H12N2.